The van der Waals surface area contributed by atoms with Gasteiger partial charge < -0.3 is 14.8 Å². The van der Waals surface area contributed by atoms with Gasteiger partial charge in [-0.1, -0.05) is 43.7 Å². The van der Waals surface area contributed by atoms with E-state index in [2.05, 4.69) is 42.6 Å². The Morgan fingerprint density at radius 2 is 2.19 bits per heavy atom. The normalized spacial score (nSPS) is 30.1. The van der Waals surface area contributed by atoms with Crippen molar-refractivity contribution in [1.82, 2.24) is 5.32 Å². The van der Waals surface area contributed by atoms with Crippen molar-refractivity contribution in [3.63, 3.8) is 0 Å². The van der Waals surface area contributed by atoms with Gasteiger partial charge in [0.25, 0.3) is 0 Å². The highest BCUT2D eigenvalue weighted by atomic mass is 16.7. The summed E-state index contributed by atoms with van der Waals surface area (Å²) in [6.07, 6.45) is 7.54. The molecule has 21 heavy (non-hydrogen) atoms. The molecule has 1 spiro atoms. The monoisotopic (exact) mass is 287 g/mol. The zero-order valence-electron chi connectivity index (χ0n) is 12.8. The molecule has 2 fully saturated rings. The van der Waals surface area contributed by atoms with Crippen molar-refractivity contribution in [2.24, 2.45) is 0 Å². The molecule has 114 valence electrons. The third kappa shape index (κ3) is 3.30. The predicted octanol–water partition coefficient (Wildman–Crippen LogP) is 3.71. The van der Waals surface area contributed by atoms with Crippen molar-refractivity contribution in [2.75, 3.05) is 13.2 Å². The van der Waals surface area contributed by atoms with Crippen LogP contribution in [0.2, 0.25) is 0 Å². The Hall–Kier alpha value is -1.32. The summed E-state index contributed by atoms with van der Waals surface area (Å²) < 4.78 is 12.2. The minimum Gasteiger partial charge on any atom is -0.465 e. The van der Waals surface area contributed by atoms with E-state index < -0.39 is 5.79 Å². The maximum Gasteiger partial charge on any atom is 0.226 e. The van der Waals surface area contributed by atoms with E-state index >= 15 is 0 Å². The van der Waals surface area contributed by atoms with E-state index in [1.54, 1.807) is 0 Å². The summed E-state index contributed by atoms with van der Waals surface area (Å²) in [5.74, 6) is 0.617. The van der Waals surface area contributed by atoms with Gasteiger partial charge in [-0.15, -0.1) is 0 Å². The number of hydrogen-bond acceptors (Lipinski definition) is 3. The molecule has 2 atom stereocenters. The summed E-state index contributed by atoms with van der Waals surface area (Å²) in [5.41, 5.74) is 1.19. The Labute approximate surface area is 127 Å². The highest BCUT2D eigenvalue weighted by molar-refractivity contribution is 5.52. The molecule has 0 radical (unpaired) electrons. The molecule has 2 saturated heterocycles. The lowest BCUT2D eigenvalue weighted by atomic mass is 10.0. The van der Waals surface area contributed by atoms with Gasteiger partial charge in [-0.05, 0) is 31.0 Å². The van der Waals surface area contributed by atoms with Crippen LogP contribution in [0.15, 0.2) is 36.1 Å². The maximum absolute atomic E-state index is 6.23. The number of ether oxygens (including phenoxy) is 2. The molecule has 1 aromatic carbocycles. The van der Waals surface area contributed by atoms with E-state index in [-0.39, 0.29) is 6.04 Å². The van der Waals surface area contributed by atoms with Gasteiger partial charge in [-0.25, -0.2) is 0 Å². The summed E-state index contributed by atoms with van der Waals surface area (Å²) in [6, 6.07) is 10.6. The molecule has 0 aromatic heterocycles. The first-order valence-electron chi connectivity index (χ1n) is 8.14. The van der Waals surface area contributed by atoms with Gasteiger partial charge in [-0.3, -0.25) is 0 Å². The number of unbranched alkanes of at least 4 members (excludes halogenated alkanes) is 1. The van der Waals surface area contributed by atoms with Crippen molar-refractivity contribution < 1.29 is 9.47 Å². The molecule has 1 N–H and O–H groups in total. The van der Waals surface area contributed by atoms with Gasteiger partial charge in [0.2, 0.25) is 5.79 Å². The quantitative estimate of drug-likeness (QED) is 0.837. The fourth-order valence-electron chi connectivity index (χ4n) is 3.19. The predicted molar refractivity (Wildman–Crippen MR) is 84.7 cm³/mol. The van der Waals surface area contributed by atoms with Crippen LogP contribution in [0, 0.1) is 0 Å². The maximum atomic E-state index is 6.23. The molecule has 0 aliphatic carbocycles. The van der Waals surface area contributed by atoms with Crippen molar-refractivity contribution in [3.8, 4) is 0 Å². The Bertz CT molecular complexity index is 477. The largest absolute Gasteiger partial charge is 0.465 e. The average molecular weight is 287 g/mol. The molecule has 2 aliphatic heterocycles. The second-order valence-electron chi connectivity index (χ2n) is 5.95. The smallest absolute Gasteiger partial charge is 0.226 e. The summed E-state index contributed by atoms with van der Waals surface area (Å²) >= 11 is 0. The fourth-order valence-corrected chi connectivity index (χ4v) is 3.19. The topological polar surface area (TPSA) is 30.5 Å². The second kappa shape index (κ2) is 6.63. The Kier molecular flexibility index (Phi) is 4.61. The zero-order valence-corrected chi connectivity index (χ0v) is 12.8. The van der Waals surface area contributed by atoms with Gasteiger partial charge in [0.1, 0.15) is 5.76 Å². The van der Waals surface area contributed by atoms with Crippen molar-refractivity contribution in [3.05, 3.63) is 41.7 Å². The minimum atomic E-state index is -0.422. The van der Waals surface area contributed by atoms with E-state index in [9.17, 15) is 0 Å². The first-order chi connectivity index (χ1) is 10.3. The van der Waals surface area contributed by atoms with Gasteiger partial charge in [0, 0.05) is 12.8 Å². The second-order valence-corrected chi connectivity index (χ2v) is 5.95. The standard InChI is InChI=1S/C18H25NO2/c1-2-3-11-19-17-14-16(13-15-8-5-4-6-9-15)21-18(17)10-7-12-20-18/h4-6,8-9,13,17,19H,2-3,7,10-12,14H2,1H3/b16-13-/t17-,18+/m0/s1. The van der Waals surface area contributed by atoms with Crippen molar-refractivity contribution in [2.45, 2.75) is 50.9 Å². The lowest BCUT2D eigenvalue weighted by Crippen LogP contribution is -2.47. The number of rotatable bonds is 5. The Balaban J connectivity index is 1.73. The summed E-state index contributed by atoms with van der Waals surface area (Å²) in [5, 5.41) is 3.64. The van der Waals surface area contributed by atoms with Crippen LogP contribution in [-0.4, -0.2) is 25.0 Å². The zero-order chi connectivity index (χ0) is 14.5. The van der Waals surface area contributed by atoms with E-state index in [1.807, 2.05) is 6.07 Å². The third-order valence-corrected chi connectivity index (χ3v) is 4.30. The Morgan fingerprint density at radius 1 is 1.33 bits per heavy atom. The first-order valence-corrected chi connectivity index (χ1v) is 8.14. The van der Waals surface area contributed by atoms with Crippen molar-refractivity contribution >= 4 is 6.08 Å². The van der Waals surface area contributed by atoms with Crippen molar-refractivity contribution in [1.29, 1.82) is 0 Å². The summed E-state index contributed by atoms with van der Waals surface area (Å²) in [7, 11) is 0. The molecule has 0 bridgehead atoms. The highest BCUT2D eigenvalue weighted by Crippen LogP contribution is 2.42. The third-order valence-electron chi connectivity index (χ3n) is 4.30. The molecule has 3 heteroatoms. The van der Waals surface area contributed by atoms with Crippen LogP contribution >= 0.6 is 0 Å². The summed E-state index contributed by atoms with van der Waals surface area (Å²) in [6.45, 7) is 4.06. The number of benzene rings is 1. The van der Waals surface area contributed by atoms with Gasteiger partial charge >= 0.3 is 0 Å². The molecular weight excluding hydrogens is 262 g/mol. The molecule has 0 amide bonds. The molecule has 3 rings (SSSR count). The summed E-state index contributed by atoms with van der Waals surface area (Å²) in [4.78, 5) is 0. The van der Waals surface area contributed by atoms with Crippen LogP contribution in [0.5, 0.6) is 0 Å². The first kappa shape index (κ1) is 14.6. The van der Waals surface area contributed by atoms with E-state index in [4.69, 9.17) is 9.47 Å². The van der Waals surface area contributed by atoms with Gasteiger partial charge in [-0.2, -0.15) is 0 Å². The molecule has 1 aromatic rings. The number of hydrogen-bond donors (Lipinski definition) is 1. The lowest BCUT2D eigenvalue weighted by molar-refractivity contribution is -0.175. The van der Waals surface area contributed by atoms with Crippen LogP contribution in [0.3, 0.4) is 0 Å². The van der Waals surface area contributed by atoms with E-state index in [1.165, 1.54) is 18.4 Å². The fraction of sp³-hybridized carbons (Fsp3) is 0.556. The van der Waals surface area contributed by atoms with E-state index in [0.29, 0.717) is 0 Å². The van der Waals surface area contributed by atoms with Gasteiger partial charge in [0.05, 0.1) is 12.6 Å². The molecular formula is C18H25NO2. The van der Waals surface area contributed by atoms with Crippen LogP contribution < -0.4 is 5.32 Å². The SMILES string of the molecule is CCCCN[C@H]1C/C(=C/c2ccccc2)O[C@]12CCCO2. The Morgan fingerprint density at radius 3 is 2.90 bits per heavy atom. The molecule has 2 aliphatic rings. The molecule has 2 heterocycles. The van der Waals surface area contributed by atoms with Crippen LogP contribution in [-0.2, 0) is 9.47 Å². The lowest BCUT2D eigenvalue weighted by Gasteiger charge is -2.29. The minimum absolute atomic E-state index is 0.279. The average Bonchev–Trinajstić information content (AvgIpc) is 3.09. The molecule has 0 saturated carbocycles. The van der Waals surface area contributed by atoms with E-state index in [0.717, 1.165) is 38.2 Å². The van der Waals surface area contributed by atoms with Gasteiger partial charge in [0.15, 0.2) is 0 Å². The number of nitrogens with one attached hydrogen (secondary N) is 1. The molecule has 3 nitrogen and oxygen atoms in total. The highest BCUT2D eigenvalue weighted by Gasteiger charge is 2.50. The van der Waals surface area contributed by atoms with Crippen LogP contribution in [0.1, 0.15) is 44.6 Å². The molecule has 0 unspecified atom stereocenters. The van der Waals surface area contributed by atoms with Crippen LogP contribution in [0.25, 0.3) is 6.08 Å². The van der Waals surface area contributed by atoms with Crippen LogP contribution in [0.4, 0.5) is 0 Å².